The number of rotatable bonds is 5. The Balaban J connectivity index is 2.61. The number of hydrogen-bond donors (Lipinski definition) is 3. The maximum Gasteiger partial charge on any atom is 0.326 e. The van der Waals surface area contributed by atoms with Crippen LogP contribution in [0.2, 0.25) is 0 Å². The van der Waals surface area contributed by atoms with Crippen molar-refractivity contribution in [1.82, 2.24) is 5.32 Å². The molecule has 1 aliphatic rings. The third kappa shape index (κ3) is 3.41. The van der Waals surface area contributed by atoms with E-state index >= 15 is 0 Å². The van der Waals surface area contributed by atoms with E-state index in [0.29, 0.717) is 13.0 Å². The van der Waals surface area contributed by atoms with Crippen molar-refractivity contribution < 1.29 is 19.4 Å². The molecule has 1 amide bonds. The van der Waals surface area contributed by atoms with Gasteiger partial charge in [-0.3, -0.25) is 4.79 Å². The number of carboxylic acids is 1. The minimum atomic E-state index is -1.01. The lowest BCUT2D eigenvalue weighted by Gasteiger charge is -2.22. The summed E-state index contributed by atoms with van der Waals surface area (Å²) < 4.78 is 5.09. The average molecular weight is 244 g/mol. The van der Waals surface area contributed by atoms with Crippen LogP contribution in [-0.2, 0) is 14.3 Å². The van der Waals surface area contributed by atoms with E-state index in [4.69, 9.17) is 15.6 Å². The van der Waals surface area contributed by atoms with Gasteiger partial charge in [0, 0.05) is 6.04 Å². The minimum absolute atomic E-state index is 0.116. The first-order valence-electron chi connectivity index (χ1n) is 5.83. The first-order valence-corrected chi connectivity index (χ1v) is 5.83. The molecule has 1 rings (SSSR count). The van der Waals surface area contributed by atoms with E-state index in [2.05, 4.69) is 5.32 Å². The quantitative estimate of drug-likeness (QED) is 0.609. The number of amides is 1. The Hall–Kier alpha value is -1.14. The van der Waals surface area contributed by atoms with Gasteiger partial charge in [-0.2, -0.15) is 0 Å². The molecule has 0 radical (unpaired) electrons. The van der Waals surface area contributed by atoms with Gasteiger partial charge in [0.25, 0.3) is 0 Å². The van der Waals surface area contributed by atoms with Crippen LogP contribution in [0.15, 0.2) is 0 Å². The summed E-state index contributed by atoms with van der Waals surface area (Å²) in [4.78, 5) is 22.9. The molecule has 6 nitrogen and oxygen atoms in total. The Kier molecular flexibility index (Phi) is 4.89. The lowest BCUT2D eigenvalue weighted by molar-refractivity contribution is -0.144. The van der Waals surface area contributed by atoms with Gasteiger partial charge >= 0.3 is 5.97 Å². The van der Waals surface area contributed by atoms with E-state index in [9.17, 15) is 9.59 Å². The van der Waals surface area contributed by atoms with Gasteiger partial charge in [-0.25, -0.2) is 4.79 Å². The van der Waals surface area contributed by atoms with Gasteiger partial charge in [-0.15, -0.1) is 0 Å². The number of ether oxygens (including phenoxy) is 1. The number of carbonyl (C=O) groups is 2. The molecule has 1 saturated heterocycles. The molecule has 4 N–H and O–H groups in total. The molecule has 0 spiro atoms. The molecule has 1 fully saturated rings. The molecule has 1 heterocycles. The summed E-state index contributed by atoms with van der Waals surface area (Å²) in [7, 11) is 0. The summed E-state index contributed by atoms with van der Waals surface area (Å²) >= 11 is 0. The number of carbonyl (C=O) groups excluding carboxylic acids is 1. The van der Waals surface area contributed by atoms with Crippen LogP contribution < -0.4 is 11.1 Å². The topological polar surface area (TPSA) is 102 Å². The maximum absolute atomic E-state index is 11.9. The SMILES string of the molecule is CCC(C)[C@H](NC(=O)C1COCC1N)C(=O)O. The van der Waals surface area contributed by atoms with Crippen molar-refractivity contribution in [3.8, 4) is 0 Å². The van der Waals surface area contributed by atoms with Crippen molar-refractivity contribution in [1.29, 1.82) is 0 Å². The van der Waals surface area contributed by atoms with Gasteiger partial charge in [0.05, 0.1) is 19.1 Å². The van der Waals surface area contributed by atoms with Crippen LogP contribution in [0.4, 0.5) is 0 Å². The van der Waals surface area contributed by atoms with Gasteiger partial charge in [0.2, 0.25) is 5.91 Å². The fourth-order valence-corrected chi connectivity index (χ4v) is 1.78. The Labute approximate surface area is 101 Å². The normalized spacial score (nSPS) is 27.5. The fraction of sp³-hybridized carbons (Fsp3) is 0.818. The van der Waals surface area contributed by atoms with Crippen LogP contribution in [0, 0.1) is 11.8 Å². The highest BCUT2D eigenvalue weighted by atomic mass is 16.5. The number of nitrogens with one attached hydrogen (secondary N) is 1. The second kappa shape index (κ2) is 5.97. The Morgan fingerprint density at radius 2 is 2.18 bits per heavy atom. The van der Waals surface area contributed by atoms with Gasteiger partial charge in [0.1, 0.15) is 6.04 Å². The van der Waals surface area contributed by atoms with Crippen molar-refractivity contribution in [3.05, 3.63) is 0 Å². The maximum atomic E-state index is 11.9. The molecule has 0 bridgehead atoms. The van der Waals surface area contributed by atoms with Crippen molar-refractivity contribution in [2.24, 2.45) is 17.6 Å². The molecule has 0 aliphatic carbocycles. The molecule has 4 atom stereocenters. The van der Waals surface area contributed by atoms with E-state index < -0.39 is 17.9 Å². The van der Waals surface area contributed by atoms with Crippen LogP contribution in [0.3, 0.4) is 0 Å². The molecule has 0 saturated carbocycles. The summed E-state index contributed by atoms with van der Waals surface area (Å²) in [6.07, 6.45) is 0.685. The number of aliphatic carboxylic acids is 1. The van der Waals surface area contributed by atoms with E-state index in [0.717, 1.165) is 0 Å². The molecule has 3 unspecified atom stereocenters. The first kappa shape index (κ1) is 13.9. The van der Waals surface area contributed by atoms with E-state index in [-0.39, 0.29) is 24.5 Å². The molecule has 0 aromatic heterocycles. The molecular weight excluding hydrogens is 224 g/mol. The van der Waals surface area contributed by atoms with E-state index in [1.807, 2.05) is 6.92 Å². The predicted molar refractivity (Wildman–Crippen MR) is 61.3 cm³/mol. The van der Waals surface area contributed by atoms with Crippen LogP contribution in [0.1, 0.15) is 20.3 Å². The predicted octanol–water partition coefficient (Wildman–Crippen LogP) is -0.424. The van der Waals surface area contributed by atoms with Crippen molar-refractivity contribution in [2.75, 3.05) is 13.2 Å². The van der Waals surface area contributed by atoms with Crippen molar-refractivity contribution in [3.63, 3.8) is 0 Å². The zero-order valence-electron chi connectivity index (χ0n) is 10.2. The fourth-order valence-electron chi connectivity index (χ4n) is 1.78. The van der Waals surface area contributed by atoms with Gasteiger partial charge in [-0.1, -0.05) is 20.3 Å². The van der Waals surface area contributed by atoms with Gasteiger partial charge in [0.15, 0.2) is 0 Å². The van der Waals surface area contributed by atoms with E-state index in [1.165, 1.54) is 0 Å². The molecule has 98 valence electrons. The zero-order valence-corrected chi connectivity index (χ0v) is 10.2. The average Bonchev–Trinajstić information content (AvgIpc) is 2.70. The molecule has 1 aliphatic heterocycles. The second-order valence-electron chi connectivity index (χ2n) is 4.52. The highest BCUT2D eigenvalue weighted by Crippen LogP contribution is 2.14. The highest BCUT2D eigenvalue weighted by molar-refractivity contribution is 5.85. The standard InChI is InChI=1S/C11H20N2O4/c1-3-6(2)9(11(15)16)13-10(14)7-4-17-5-8(7)12/h6-9H,3-5,12H2,1-2H3,(H,13,14)(H,15,16)/t6?,7?,8?,9-/m0/s1. The van der Waals surface area contributed by atoms with Crippen LogP contribution in [-0.4, -0.2) is 42.3 Å². The van der Waals surface area contributed by atoms with Crippen molar-refractivity contribution >= 4 is 11.9 Å². The highest BCUT2D eigenvalue weighted by Gasteiger charge is 2.34. The summed E-state index contributed by atoms with van der Waals surface area (Å²) in [5.41, 5.74) is 5.71. The zero-order chi connectivity index (χ0) is 13.0. The second-order valence-corrected chi connectivity index (χ2v) is 4.52. The summed E-state index contributed by atoms with van der Waals surface area (Å²) in [5.74, 6) is -1.90. The smallest absolute Gasteiger partial charge is 0.326 e. The Morgan fingerprint density at radius 3 is 2.59 bits per heavy atom. The Bertz CT molecular complexity index is 295. The number of nitrogens with two attached hydrogens (primary N) is 1. The van der Waals surface area contributed by atoms with Crippen LogP contribution >= 0.6 is 0 Å². The first-order chi connectivity index (χ1) is 7.97. The molecule has 17 heavy (non-hydrogen) atoms. The molecule has 0 aromatic carbocycles. The summed E-state index contributed by atoms with van der Waals surface area (Å²) in [6, 6.07) is -1.21. The van der Waals surface area contributed by atoms with Gasteiger partial charge < -0.3 is 20.9 Å². The molecule has 6 heteroatoms. The van der Waals surface area contributed by atoms with Crippen molar-refractivity contribution in [2.45, 2.75) is 32.4 Å². The third-order valence-corrected chi connectivity index (χ3v) is 3.24. The summed E-state index contributed by atoms with van der Waals surface area (Å²) in [5, 5.41) is 11.6. The number of hydrogen-bond acceptors (Lipinski definition) is 4. The van der Waals surface area contributed by atoms with Gasteiger partial charge in [-0.05, 0) is 5.92 Å². The molecule has 0 aromatic rings. The van der Waals surface area contributed by atoms with E-state index in [1.54, 1.807) is 6.92 Å². The monoisotopic (exact) mass is 244 g/mol. The third-order valence-electron chi connectivity index (χ3n) is 3.24. The Morgan fingerprint density at radius 1 is 1.53 bits per heavy atom. The number of carboxylic acid groups (broad SMARTS) is 1. The van der Waals surface area contributed by atoms with Crippen LogP contribution in [0.25, 0.3) is 0 Å². The lowest BCUT2D eigenvalue weighted by Crippen LogP contribution is -2.50. The lowest BCUT2D eigenvalue weighted by atomic mass is 9.97. The van der Waals surface area contributed by atoms with Crippen LogP contribution in [0.5, 0.6) is 0 Å². The summed E-state index contributed by atoms with van der Waals surface area (Å²) in [6.45, 7) is 4.29. The largest absolute Gasteiger partial charge is 0.480 e. The molecular formula is C11H20N2O4. The minimum Gasteiger partial charge on any atom is -0.480 e.